The topological polar surface area (TPSA) is 36.2 Å². The number of nitrogens with zero attached hydrogens (tertiary/aromatic N) is 1. The predicted molar refractivity (Wildman–Crippen MR) is 50.4 cm³/mol. The van der Waals surface area contributed by atoms with Crippen LogP contribution >= 0.6 is 11.9 Å². The van der Waals surface area contributed by atoms with Crippen LogP contribution in [-0.2, 0) is 0 Å². The molecular formula is C8H12N2S. The average Bonchev–Trinajstić information content (AvgIpc) is 2.00. The van der Waals surface area contributed by atoms with Crippen molar-refractivity contribution in [3.63, 3.8) is 0 Å². The van der Waals surface area contributed by atoms with E-state index in [0.717, 1.165) is 22.4 Å². The average molecular weight is 168 g/mol. The summed E-state index contributed by atoms with van der Waals surface area (Å²) in [6, 6.07) is 0. The lowest BCUT2D eigenvalue weighted by atomic mass is 10.2. The summed E-state index contributed by atoms with van der Waals surface area (Å²) in [6.07, 6.45) is 5.62. The molecular weight excluding hydrogens is 156 g/mol. The standard InChI is InChI=1S/C8H12N2S/c1-4-6-7(3)8(5-2)11-10-9/h4-6,9H,2H2,1,3H3/b6-4-,8-7+,10-9?. The highest BCUT2D eigenvalue weighted by atomic mass is 32.2. The van der Waals surface area contributed by atoms with Crippen LogP contribution in [0.2, 0.25) is 0 Å². The Morgan fingerprint density at radius 3 is 2.64 bits per heavy atom. The van der Waals surface area contributed by atoms with E-state index in [1.165, 1.54) is 0 Å². The van der Waals surface area contributed by atoms with Crippen LogP contribution in [0.25, 0.3) is 0 Å². The van der Waals surface area contributed by atoms with Gasteiger partial charge in [0.15, 0.2) is 0 Å². The molecule has 0 amide bonds. The van der Waals surface area contributed by atoms with E-state index >= 15 is 0 Å². The minimum absolute atomic E-state index is 0.929. The first kappa shape index (κ1) is 10.2. The second-order valence-electron chi connectivity index (χ2n) is 1.93. The maximum atomic E-state index is 6.64. The van der Waals surface area contributed by atoms with Gasteiger partial charge in [0, 0.05) is 16.9 Å². The Balaban J connectivity index is 4.51. The van der Waals surface area contributed by atoms with E-state index in [1.807, 2.05) is 26.0 Å². The lowest BCUT2D eigenvalue weighted by Gasteiger charge is -1.96. The van der Waals surface area contributed by atoms with Crippen molar-refractivity contribution in [2.75, 3.05) is 0 Å². The fourth-order valence-electron chi connectivity index (χ4n) is 0.652. The van der Waals surface area contributed by atoms with Crippen molar-refractivity contribution in [2.45, 2.75) is 13.8 Å². The summed E-state index contributed by atoms with van der Waals surface area (Å²) in [4.78, 5) is 0.929. The van der Waals surface area contributed by atoms with Gasteiger partial charge in [-0.25, -0.2) is 0 Å². The van der Waals surface area contributed by atoms with Gasteiger partial charge in [-0.1, -0.05) is 24.8 Å². The molecule has 60 valence electrons. The fraction of sp³-hybridized carbons (Fsp3) is 0.250. The summed E-state index contributed by atoms with van der Waals surface area (Å²) in [6.45, 7) is 7.55. The molecule has 0 aromatic carbocycles. The Hall–Kier alpha value is -0.830. The summed E-state index contributed by atoms with van der Waals surface area (Å²) in [7, 11) is 0. The number of rotatable bonds is 4. The van der Waals surface area contributed by atoms with Crippen molar-refractivity contribution in [1.82, 2.24) is 0 Å². The molecule has 0 aliphatic heterocycles. The lowest BCUT2D eigenvalue weighted by molar-refractivity contribution is 1.25. The normalized spacial score (nSPS) is 12.9. The van der Waals surface area contributed by atoms with Crippen molar-refractivity contribution in [2.24, 2.45) is 4.52 Å². The fourth-order valence-corrected chi connectivity index (χ4v) is 1.04. The van der Waals surface area contributed by atoms with Crippen LogP contribution in [0, 0.1) is 5.53 Å². The van der Waals surface area contributed by atoms with E-state index in [2.05, 4.69) is 11.1 Å². The van der Waals surface area contributed by atoms with E-state index in [4.69, 9.17) is 5.53 Å². The first-order valence-electron chi connectivity index (χ1n) is 3.26. The lowest BCUT2D eigenvalue weighted by Crippen LogP contribution is -1.73. The zero-order chi connectivity index (χ0) is 8.69. The van der Waals surface area contributed by atoms with Crippen LogP contribution < -0.4 is 0 Å². The van der Waals surface area contributed by atoms with Gasteiger partial charge in [-0.3, -0.25) is 0 Å². The van der Waals surface area contributed by atoms with E-state index in [0.29, 0.717) is 0 Å². The summed E-state index contributed by atoms with van der Waals surface area (Å²) in [5, 5.41) is 0. The molecule has 0 aromatic rings. The van der Waals surface area contributed by atoms with Gasteiger partial charge in [-0.2, -0.15) is 5.53 Å². The Morgan fingerprint density at radius 2 is 2.27 bits per heavy atom. The van der Waals surface area contributed by atoms with Crippen molar-refractivity contribution in [1.29, 1.82) is 5.53 Å². The summed E-state index contributed by atoms with van der Waals surface area (Å²) >= 11 is 1.13. The van der Waals surface area contributed by atoms with Gasteiger partial charge in [0.25, 0.3) is 0 Å². The minimum atomic E-state index is 0.929. The maximum Gasteiger partial charge on any atom is 0.0346 e. The molecule has 0 bridgehead atoms. The molecule has 2 nitrogen and oxygen atoms in total. The van der Waals surface area contributed by atoms with Crippen LogP contribution in [0.15, 0.2) is 39.8 Å². The highest BCUT2D eigenvalue weighted by molar-refractivity contribution is 8.01. The van der Waals surface area contributed by atoms with Gasteiger partial charge in [0.1, 0.15) is 0 Å². The second kappa shape index (κ2) is 5.92. The smallest absolute Gasteiger partial charge is 0.0346 e. The molecule has 0 aromatic heterocycles. The van der Waals surface area contributed by atoms with E-state index in [1.54, 1.807) is 6.08 Å². The molecule has 0 heterocycles. The predicted octanol–water partition coefficient (Wildman–Crippen LogP) is 3.70. The van der Waals surface area contributed by atoms with Crippen molar-refractivity contribution in [3.8, 4) is 0 Å². The molecule has 0 aliphatic rings. The first-order valence-corrected chi connectivity index (χ1v) is 4.03. The molecule has 0 spiro atoms. The number of allylic oxidation sites excluding steroid dienone is 4. The third-order valence-electron chi connectivity index (χ3n) is 1.13. The molecule has 0 atom stereocenters. The summed E-state index contributed by atoms with van der Waals surface area (Å²) in [5.74, 6) is 0. The molecule has 0 rings (SSSR count). The molecule has 3 heteroatoms. The Labute approximate surface area is 71.7 Å². The van der Waals surface area contributed by atoms with Crippen LogP contribution in [-0.4, -0.2) is 0 Å². The van der Waals surface area contributed by atoms with Gasteiger partial charge in [0.05, 0.1) is 0 Å². The molecule has 0 saturated carbocycles. The maximum absolute atomic E-state index is 6.64. The molecule has 0 radical (unpaired) electrons. The largest absolute Gasteiger partial charge is 0.197 e. The van der Waals surface area contributed by atoms with Crippen molar-refractivity contribution < 1.29 is 0 Å². The number of nitrogens with one attached hydrogen (secondary N) is 1. The van der Waals surface area contributed by atoms with E-state index < -0.39 is 0 Å². The van der Waals surface area contributed by atoms with Gasteiger partial charge in [-0.05, 0) is 19.4 Å². The zero-order valence-electron chi connectivity index (χ0n) is 6.79. The highest BCUT2D eigenvalue weighted by Crippen LogP contribution is 2.21. The van der Waals surface area contributed by atoms with Crippen molar-refractivity contribution in [3.05, 3.63) is 35.3 Å². The Morgan fingerprint density at radius 1 is 1.64 bits per heavy atom. The van der Waals surface area contributed by atoms with Crippen molar-refractivity contribution >= 4 is 11.9 Å². The van der Waals surface area contributed by atoms with E-state index in [-0.39, 0.29) is 0 Å². The molecule has 0 unspecified atom stereocenters. The highest BCUT2D eigenvalue weighted by Gasteiger charge is 1.94. The molecule has 11 heavy (non-hydrogen) atoms. The quantitative estimate of drug-likeness (QED) is 0.388. The molecule has 0 fully saturated rings. The molecule has 0 saturated heterocycles. The monoisotopic (exact) mass is 168 g/mol. The van der Waals surface area contributed by atoms with Gasteiger partial charge in [-0.15, -0.1) is 4.52 Å². The Kier molecular flexibility index (Phi) is 5.47. The minimum Gasteiger partial charge on any atom is -0.197 e. The molecule has 0 aliphatic carbocycles. The van der Waals surface area contributed by atoms with Crippen LogP contribution in [0.5, 0.6) is 0 Å². The second-order valence-corrected chi connectivity index (χ2v) is 2.74. The number of hydrogen-bond donors (Lipinski definition) is 1. The van der Waals surface area contributed by atoms with Gasteiger partial charge < -0.3 is 0 Å². The Bertz CT molecular complexity index is 204. The first-order chi connectivity index (χ1) is 5.26. The van der Waals surface area contributed by atoms with Crippen LogP contribution in [0.4, 0.5) is 0 Å². The van der Waals surface area contributed by atoms with E-state index in [9.17, 15) is 0 Å². The SMILES string of the molecule is C=C/C(SN=N)=C(C)\C=C/C. The van der Waals surface area contributed by atoms with Gasteiger partial charge >= 0.3 is 0 Å². The summed E-state index contributed by atoms with van der Waals surface area (Å²) in [5.41, 5.74) is 7.73. The number of hydrogen-bond acceptors (Lipinski definition) is 3. The zero-order valence-corrected chi connectivity index (χ0v) is 7.61. The van der Waals surface area contributed by atoms with Crippen LogP contribution in [0.1, 0.15) is 13.8 Å². The molecule has 1 N–H and O–H groups in total. The third kappa shape index (κ3) is 3.78. The van der Waals surface area contributed by atoms with Crippen LogP contribution in [0.3, 0.4) is 0 Å². The van der Waals surface area contributed by atoms with Gasteiger partial charge in [0.2, 0.25) is 0 Å². The summed E-state index contributed by atoms with van der Waals surface area (Å²) < 4.78 is 3.21. The third-order valence-corrected chi connectivity index (χ3v) is 1.91.